The molecule has 3 heterocycles. The molecule has 1 saturated heterocycles. The lowest BCUT2D eigenvalue weighted by Crippen LogP contribution is -2.44. The summed E-state index contributed by atoms with van der Waals surface area (Å²) in [6.07, 6.45) is 8.93. The zero-order valence-corrected chi connectivity index (χ0v) is 15.2. The number of likely N-dealkylation sites (tertiary alicyclic amines) is 1. The molecule has 2 aromatic heterocycles. The summed E-state index contributed by atoms with van der Waals surface area (Å²) in [5.74, 6) is 2.35. The predicted molar refractivity (Wildman–Crippen MR) is 101 cm³/mol. The van der Waals surface area contributed by atoms with E-state index < -0.39 is 0 Å². The molecule has 2 aliphatic rings. The first-order valence-electron chi connectivity index (χ1n) is 9.50. The van der Waals surface area contributed by atoms with Gasteiger partial charge >= 0.3 is 0 Å². The summed E-state index contributed by atoms with van der Waals surface area (Å²) >= 11 is 0. The molecule has 136 valence electrons. The lowest BCUT2D eigenvalue weighted by molar-refractivity contribution is -0.139. The Labute approximate surface area is 154 Å². The van der Waals surface area contributed by atoms with Crippen LogP contribution in [-0.2, 0) is 4.79 Å². The van der Waals surface area contributed by atoms with Crippen molar-refractivity contribution in [3.63, 3.8) is 0 Å². The highest BCUT2D eigenvalue weighted by molar-refractivity contribution is 5.79. The highest BCUT2D eigenvalue weighted by atomic mass is 16.2. The largest absolute Gasteiger partial charge is 0.373 e. The van der Waals surface area contributed by atoms with Crippen LogP contribution < -0.4 is 5.32 Å². The molecule has 0 radical (unpaired) electrons. The molecule has 6 heteroatoms. The predicted octanol–water partition coefficient (Wildman–Crippen LogP) is 3.09. The van der Waals surface area contributed by atoms with Gasteiger partial charge in [0.1, 0.15) is 5.82 Å². The van der Waals surface area contributed by atoms with Crippen LogP contribution in [0.3, 0.4) is 0 Å². The van der Waals surface area contributed by atoms with Crippen molar-refractivity contribution in [3.8, 4) is 11.4 Å². The van der Waals surface area contributed by atoms with Gasteiger partial charge in [0.15, 0.2) is 5.82 Å². The number of nitrogens with one attached hydrogen (secondary N) is 1. The Morgan fingerprint density at radius 2 is 2.12 bits per heavy atom. The molecule has 1 aliphatic carbocycles. The van der Waals surface area contributed by atoms with Crippen molar-refractivity contribution >= 4 is 11.7 Å². The van der Waals surface area contributed by atoms with E-state index in [9.17, 15) is 4.79 Å². The first-order valence-corrected chi connectivity index (χ1v) is 9.50. The molecule has 6 nitrogen and oxygen atoms in total. The van der Waals surface area contributed by atoms with Gasteiger partial charge in [-0.1, -0.05) is 6.42 Å². The molecule has 1 N–H and O–H groups in total. The van der Waals surface area contributed by atoms with Gasteiger partial charge in [0, 0.05) is 56.0 Å². The van der Waals surface area contributed by atoms with E-state index in [0.717, 1.165) is 55.8 Å². The molecule has 2 fully saturated rings. The van der Waals surface area contributed by atoms with Crippen LogP contribution in [0.5, 0.6) is 0 Å². The number of nitrogens with zero attached hydrogens (tertiary/aromatic N) is 4. The maximum absolute atomic E-state index is 12.6. The number of carbonyl (C=O) groups is 1. The Hall–Kier alpha value is -2.50. The quantitative estimate of drug-likeness (QED) is 0.916. The van der Waals surface area contributed by atoms with E-state index >= 15 is 0 Å². The maximum Gasteiger partial charge on any atom is 0.225 e. The summed E-state index contributed by atoms with van der Waals surface area (Å²) in [5, 5.41) is 3.14. The Morgan fingerprint density at radius 3 is 2.81 bits per heavy atom. The molecule has 2 aromatic rings. The molecule has 0 unspecified atom stereocenters. The maximum atomic E-state index is 12.6. The van der Waals surface area contributed by atoms with Crippen molar-refractivity contribution in [1.82, 2.24) is 19.9 Å². The number of hydrogen-bond donors (Lipinski definition) is 1. The fourth-order valence-corrected chi connectivity index (χ4v) is 3.76. The van der Waals surface area contributed by atoms with Crippen LogP contribution in [0, 0.1) is 5.92 Å². The molecule has 0 spiro atoms. The summed E-state index contributed by atoms with van der Waals surface area (Å²) in [6.45, 7) is 1.65. The third-order valence-electron chi connectivity index (χ3n) is 5.53. The Bertz CT molecular complexity index is 775. The third kappa shape index (κ3) is 3.41. The number of pyridine rings is 1. The molecule has 1 amide bonds. The Morgan fingerprint density at radius 1 is 1.23 bits per heavy atom. The number of hydrogen-bond acceptors (Lipinski definition) is 5. The van der Waals surface area contributed by atoms with E-state index in [1.165, 1.54) is 6.42 Å². The third-order valence-corrected chi connectivity index (χ3v) is 5.53. The number of piperidine rings is 1. The minimum absolute atomic E-state index is 0.262. The van der Waals surface area contributed by atoms with Crippen molar-refractivity contribution in [1.29, 1.82) is 0 Å². The van der Waals surface area contributed by atoms with Crippen molar-refractivity contribution in [3.05, 3.63) is 36.3 Å². The highest BCUT2D eigenvalue weighted by Gasteiger charge is 2.33. The van der Waals surface area contributed by atoms with Gasteiger partial charge in [-0.25, -0.2) is 9.97 Å². The van der Waals surface area contributed by atoms with Gasteiger partial charge in [0.25, 0.3) is 0 Å². The van der Waals surface area contributed by atoms with E-state index in [4.69, 9.17) is 4.98 Å². The number of amides is 1. The van der Waals surface area contributed by atoms with Crippen LogP contribution in [0.15, 0.2) is 30.6 Å². The van der Waals surface area contributed by atoms with E-state index in [0.29, 0.717) is 11.7 Å². The first kappa shape index (κ1) is 16.9. The zero-order valence-electron chi connectivity index (χ0n) is 15.2. The van der Waals surface area contributed by atoms with Crippen LogP contribution in [0.25, 0.3) is 11.4 Å². The Kier molecular flexibility index (Phi) is 4.82. The topological polar surface area (TPSA) is 71.0 Å². The average molecular weight is 351 g/mol. The van der Waals surface area contributed by atoms with Gasteiger partial charge in [-0.05, 0) is 37.8 Å². The van der Waals surface area contributed by atoms with Crippen molar-refractivity contribution in [2.24, 2.45) is 5.92 Å². The number of anilines is 1. The monoisotopic (exact) mass is 351 g/mol. The molecule has 1 saturated carbocycles. The molecular weight excluding hydrogens is 326 g/mol. The molecule has 0 aromatic carbocycles. The van der Waals surface area contributed by atoms with Gasteiger partial charge in [-0.3, -0.25) is 9.78 Å². The minimum Gasteiger partial charge on any atom is -0.373 e. The molecular formula is C20H25N5O. The van der Waals surface area contributed by atoms with Gasteiger partial charge in [-0.2, -0.15) is 0 Å². The second kappa shape index (κ2) is 7.40. The van der Waals surface area contributed by atoms with Crippen molar-refractivity contribution in [2.75, 3.05) is 25.5 Å². The van der Waals surface area contributed by atoms with Crippen molar-refractivity contribution in [2.45, 2.75) is 38.0 Å². The van der Waals surface area contributed by atoms with Gasteiger partial charge in [-0.15, -0.1) is 0 Å². The van der Waals surface area contributed by atoms with E-state index in [-0.39, 0.29) is 11.8 Å². The van der Waals surface area contributed by atoms with Gasteiger partial charge < -0.3 is 10.2 Å². The van der Waals surface area contributed by atoms with Gasteiger partial charge in [0.05, 0.1) is 5.69 Å². The first-order chi connectivity index (χ1) is 12.7. The summed E-state index contributed by atoms with van der Waals surface area (Å²) in [5.41, 5.74) is 1.92. The average Bonchev–Trinajstić information content (AvgIpc) is 2.67. The second-order valence-corrected chi connectivity index (χ2v) is 7.24. The van der Waals surface area contributed by atoms with Crippen LogP contribution in [0.4, 0.5) is 5.82 Å². The standard InChI is InChI=1S/C20H25N5O/c1-21-18-11-17(23-19(24-18)15-7-3-9-22-12-15)16-8-4-10-25(13-16)20(26)14-5-2-6-14/h3,7,9,11-12,14,16H,2,4-6,8,10,13H2,1H3,(H,21,23,24)/t16-/m1/s1. The fraction of sp³-hybridized carbons (Fsp3) is 0.500. The Balaban J connectivity index is 1.59. The van der Waals surface area contributed by atoms with E-state index in [1.54, 1.807) is 12.4 Å². The van der Waals surface area contributed by atoms with Crippen LogP contribution >= 0.6 is 0 Å². The lowest BCUT2D eigenvalue weighted by atomic mass is 9.83. The van der Waals surface area contributed by atoms with Crippen LogP contribution in [0.1, 0.15) is 43.7 Å². The van der Waals surface area contributed by atoms with Crippen molar-refractivity contribution < 1.29 is 4.79 Å². The molecule has 1 atom stereocenters. The SMILES string of the molecule is CNc1cc([C@@H]2CCCN(C(=O)C3CCC3)C2)nc(-c2cccnc2)n1. The van der Waals surface area contributed by atoms with Crippen LogP contribution in [-0.4, -0.2) is 45.9 Å². The minimum atomic E-state index is 0.262. The summed E-state index contributed by atoms with van der Waals surface area (Å²) < 4.78 is 0. The van der Waals surface area contributed by atoms with E-state index in [2.05, 4.69) is 20.2 Å². The summed E-state index contributed by atoms with van der Waals surface area (Å²) in [6, 6.07) is 5.88. The molecule has 0 bridgehead atoms. The number of rotatable bonds is 4. The highest BCUT2D eigenvalue weighted by Crippen LogP contribution is 2.33. The molecule has 26 heavy (non-hydrogen) atoms. The second-order valence-electron chi connectivity index (χ2n) is 7.24. The number of aromatic nitrogens is 3. The summed E-state index contributed by atoms with van der Waals surface area (Å²) in [4.78, 5) is 28.3. The number of carbonyl (C=O) groups excluding carboxylic acids is 1. The normalized spacial score (nSPS) is 20.5. The molecule has 4 rings (SSSR count). The summed E-state index contributed by atoms with van der Waals surface area (Å²) in [7, 11) is 1.87. The van der Waals surface area contributed by atoms with Crippen LogP contribution in [0.2, 0.25) is 0 Å². The smallest absolute Gasteiger partial charge is 0.225 e. The molecule has 1 aliphatic heterocycles. The zero-order chi connectivity index (χ0) is 17.9. The van der Waals surface area contributed by atoms with Gasteiger partial charge in [0.2, 0.25) is 5.91 Å². The lowest BCUT2D eigenvalue weighted by Gasteiger charge is -2.37. The fourth-order valence-electron chi connectivity index (χ4n) is 3.76. The van der Waals surface area contributed by atoms with E-state index in [1.807, 2.05) is 25.2 Å².